The number of benzene rings is 2. The quantitative estimate of drug-likeness (QED) is 0.753. The summed E-state index contributed by atoms with van der Waals surface area (Å²) in [6.07, 6.45) is 3.10. The molecule has 2 aromatic carbocycles. The molecule has 2 rings (SSSR count). The van der Waals surface area contributed by atoms with Gasteiger partial charge in [0.15, 0.2) is 6.61 Å². The van der Waals surface area contributed by atoms with Crippen LogP contribution in [0.4, 0.5) is 0 Å². The summed E-state index contributed by atoms with van der Waals surface area (Å²) in [6, 6.07) is 16.3. The molecule has 0 bridgehead atoms. The van der Waals surface area contributed by atoms with E-state index in [-0.39, 0.29) is 12.5 Å². The Kier molecular flexibility index (Phi) is 6.67. The van der Waals surface area contributed by atoms with Crippen LogP contribution in [-0.4, -0.2) is 19.1 Å². The minimum absolute atomic E-state index is 0.0667. The lowest BCUT2D eigenvalue weighted by molar-refractivity contribution is -0.123. The van der Waals surface area contributed by atoms with Crippen LogP contribution in [0, 0.1) is 13.8 Å². The number of hydrogen-bond donors (Lipinski definition) is 1. The summed E-state index contributed by atoms with van der Waals surface area (Å²) in [6.45, 7) is 4.86. The van der Waals surface area contributed by atoms with Gasteiger partial charge in [-0.2, -0.15) is 0 Å². The van der Waals surface area contributed by atoms with E-state index in [0.29, 0.717) is 6.54 Å². The van der Waals surface area contributed by atoms with Crippen LogP contribution in [0.25, 0.3) is 0 Å². The average Bonchev–Trinajstić information content (AvgIpc) is 2.56. The third kappa shape index (κ3) is 6.15. The van der Waals surface area contributed by atoms with Crippen LogP contribution in [0.15, 0.2) is 48.5 Å². The zero-order valence-corrected chi connectivity index (χ0v) is 14.0. The molecule has 1 N–H and O–H groups in total. The van der Waals surface area contributed by atoms with Crippen molar-refractivity contribution in [3.05, 3.63) is 65.2 Å². The number of aryl methyl sites for hydroxylation is 3. The molecular weight excluding hydrogens is 286 g/mol. The minimum Gasteiger partial charge on any atom is -0.484 e. The molecule has 0 saturated heterocycles. The fourth-order valence-electron chi connectivity index (χ4n) is 2.33. The van der Waals surface area contributed by atoms with Gasteiger partial charge in [-0.05, 0) is 61.9 Å². The first-order chi connectivity index (χ1) is 11.1. The Hall–Kier alpha value is -2.29. The number of ether oxygens (including phenoxy) is 1. The molecule has 0 unspecified atom stereocenters. The Labute approximate surface area is 138 Å². The van der Waals surface area contributed by atoms with Gasteiger partial charge in [-0.25, -0.2) is 0 Å². The average molecular weight is 311 g/mol. The number of unbranched alkanes of at least 4 members (excludes halogenated alkanes) is 1. The van der Waals surface area contributed by atoms with Gasteiger partial charge in [0.25, 0.3) is 5.91 Å². The predicted molar refractivity (Wildman–Crippen MR) is 93.8 cm³/mol. The Morgan fingerprint density at radius 3 is 2.52 bits per heavy atom. The van der Waals surface area contributed by atoms with Crippen molar-refractivity contribution in [1.82, 2.24) is 5.32 Å². The topological polar surface area (TPSA) is 38.3 Å². The molecule has 3 heteroatoms. The first-order valence-corrected chi connectivity index (χ1v) is 8.16. The van der Waals surface area contributed by atoms with Gasteiger partial charge in [-0.1, -0.05) is 36.4 Å². The number of carbonyl (C=O) groups excluding carboxylic acids is 1. The molecule has 122 valence electrons. The van der Waals surface area contributed by atoms with Crippen LogP contribution < -0.4 is 10.1 Å². The Bertz CT molecular complexity index is 623. The molecule has 0 atom stereocenters. The highest BCUT2D eigenvalue weighted by Crippen LogP contribution is 2.16. The summed E-state index contributed by atoms with van der Waals surface area (Å²) in [7, 11) is 0. The summed E-state index contributed by atoms with van der Waals surface area (Å²) in [5.41, 5.74) is 3.74. The molecule has 0 aliphatic heterocycles. The van der Waals surface area contributed by atoms with Gasteiger partial charge in [0.1, 0.15) is 5.75 Å². The van der Waals surface area contributed by atoms with E-state index < -0.39 is 0 Å². The van der Waals surface area contributed by atoms with E-state index >= 15 is 0 Å². The van der Waals surface area contributed by atoms with Gasteiger partial charge in [0, 0.05) is 6.54 Å². The molecule has 23 heavy (non-hydrogen) atoms. The maximum Gasteiger partial charge on any atom is 0.257 e. The van der Waals surface area contributed by atoms with E-state index in [4.69, 9.17) is 4.74 Å². The fourth-order valence-corrected chi connectivity index (χ4v) is 2.33. The molecule has 0 aliphatic carbocycles. The summed E-state index contributed by atoms with van der Waals surface area (Å²) >= 11 is 0. The van der Waals surface area contributed by atoms with Crippen LogP contribution in [0.2, 0.25) is 0 Å². The summed E-state index contributed by atoms with van der Waals surface area (Å²) in [4.78, 5) is 11.8. The van der Waals surface area contributed by atoms with Crippen molar-refractivity contribution >= 4 is 5.91 Å². The van der Waals surface area contributed by atoms with Gasteiger partial charge < -0.3 is 10.1 Å². The number of hydrogen-bond acceptors (Lipinski definition) is 2. The smallest absolute Gasteiger partial charge is 0.257 e. The highest BCUT2D eigenvalue weighted by molar-refractivity contribution is 5.77. The van der Waals surface area contributed by atoms with Crippen LogP contribution >= 0.6 is 0 Å². The monoisotopic (exact) mass is 311 g/mol. The second kappa shape index (κ2) is 8.99. The van der Waals surface area contributed by atoms with E-state index in [2.05, 4.69) is 36.5 Å². The van der Waals surface area contributed by atoms with E-state index in [0.717, 1.165) is 25.0 Å². The molecular formula is C20H25NO2. The Morgan fingerprint density at radius 1 is 1.00 bits per heavy atom. The maximum absolute atomic E-state index is 11.8. The van der Waals surface area contributed by atoms with Crippen molar-refractivity contribution in [2.75, 3.05) is 13.2 Å². The van der Waals surface area contributed by atoms with Gasteiger partial charge in [-0.15, -0.1) is 0 Å². The molecule has 2 aromatic rings. The molecule has 0 heterocycles. The van der Waals surface area contributed by atoms with E-state index in [1.807, 2.05) is 31.2 Å². The highest BCUT2D eigenvalue weighted by atomic mass is 16.5. The van der Waals surface area contributed by atoms with Crippen LogP contribution in [0.1, 0.15) is 29.5 Å². The third-order valence-electron chi connectivity index (χ3n) is 3.91. The summed E-state index contributed by atoms with van der Waals surface area (Å²) in [5.74, 6) is 0.676. The second-order valence-corrected chi connectivity index (χ2v) is 5.83. The first kappa shape index (κ1) is 17.1. The Balaban J connectivity index is 1.59. The summed E-state index contributed by atoms with van der Waals surface area (Å²) in [5, 5.41) is 2.90. The van der Waals surface area contributed by atoms with Crippen LogP contribution in [-0.2, 0) is 11.2 Å². The first-order valence-electron chi connectivity index (χ1n) is 8.16. The van der Waals surface area contributed by atoms with Crippen molar-refractivity contribution in [2.24, 2.45) is 0 Å². The van der Waals surface area contributed by atoms with Crippen molar-refractivity contribution < 1.29 is 9.53 Å². The molecule has 0 aliphatic rings. The van der Waals surface area contributed by atoms with E-state index in [1.165, 1.54) is 16.7 Å². The molecule has 0 saturated carbocycles. The highest BCUT2D eigenvalue weighted by Gasteiger charge is 2.03. The molecule has 0 fully saturated rings. The van der Waals surface area contributed by atoms with E-state index in [9.17, 15) is 4.79 Å². The standard InChI is InChI=1S/C20H25NO2/c1-16-11-12-19(14-17(16)2)23-15-20(22)21-13-7-6-10-18-8-4-3-5-9-18/h3-5,8-9,11-12,14H,6-7,10,13,15H2,1-2H3,(H,21,22). The predicted octanol–water partition coefficient (Wildman–Crippen LogP) is 3.82. The lowest BCUT2D eigenvalue weighted by Crippen LogP contribution is -2.29. The van der Waals surface area contributed by atoms with Gasteiger partial charge >= 0.3 is 0 Å². The number of carbonyl (C=O) groups is 1. The van der Waals surface area contributed by atoms with E-state index in [1.54, 1.807) is 0 Å². The van der Waals surface area contributed by atoms with Crippen molar-refractivity contribution in [1.29, 1.82) is 0 Å². The van der Waals surface area contributed by atoms with Crippen molar-refractivity contribution in [3.63, 3.8) is 0 Å². The molecule has 1 amide bonds. The second-order valence-electron chi connectivity index (χ2n) is 5.83. The van der Waals surface area contributed by atoms with Crippen molar-refractivity contribution in [2.45, 2.75) is 33.1 Å². The number of rotatable bonds is 8. The zero-order valence-electron chi connectivity index (χ0n) is 14.0. The molecule has 0 aromatic heterocycles. The van der Waals surface area contributed by atoms with Gasteiger partial charge in [0.05, 0.1) is 0 Å². The van der Waals surface area contributed by atoms with Crippen LogP contribution in [0.5, 0.6) is 5.75 Å². The SMILES string of the molecule is Cc1ccc(OCC(=O)NCCCCc2ccccc2)cc1C. The van der Waals surface area contributed by atoms with Gasteiger partial charge in [0.2, 0.25) is 0 Å². The van der Waals surface area contributed by atoms with Crippen LogP contribution in [0.3, 0.4) is 0 Å². The normalized spacial score (nSPS) is 10.3. The molecule has 0 spiro atoms. The summed E-state index contributed by atoms with van der Waals surface area (Å²) < 4.78 is 5.52. The largest absolute Gasteiger partial charge is 0.484 e. The number of amides is 1. The fraction of sp³-hybridized carbons (Fsp3) is 0.350. The lowest BCUT2D eigenvalue weighted by Gasteiger charge is -2.09. The van der Waals surface area contributed by atoms with Crippen molar-refractivity contribution in [3.8, 4) is 5.75 Å². The number of nitrogens with one attached hydrogen (secondary N) is 1. The van der Waals surface area contributed by atoms with Gasteiger partial charge in [-0.3, -0.25) is 4.79 Å². The zero-order chi connectivity index (χ0) is 16.5. The molecule has 0 radical (unpaired) electrons. The lowest BCUT2D eigenvalue weighted by atomic mass is 10.1. The molecule has 3 nitrogen and oxygen atoms in total. The third-order valence-corrected chi connectivity index (χ3v) is 3.91. The maximum atomic E-state index is 11.8. The Morgan fingerprint density at radius 2 is 1.78 bits per heavy atom. The minimum atomic E-state index is -0.0667.